The zero-order valence-corrected chi connectivity index (χ0v) is 14.7. The topological polar surface area (TPSA) is 21.6 Å². The normalized spacial score (nSPS) is 15.8. The standard InChI is InChI=1S/C13H14BrF3INO/c1-8(7-14)20-12(19-9(2)18)10-3-5-11(6-4-10)13(15,16)17/h3-6,8-9H,7H2,1-2H3. The number of hydrogen-bond acceptors (Lipinski definition) is 2. The zero-order chi connectivity index (χ0) is 15.3. The summed E-state index contributed by atoms with van der Waals surface area (Å²) in [6.45, 7) is 3.72. The van der Waals surface area contributed by atoms with Crippen molar-refractivity contribution < 1.29 is 17.9 Å². The van der Waals surface area contributed by atoms with E-state index in [1.807, 2.05) is 13.8 Å². The van der Waals surface area contributed by atoms with Crippen LogP contribution in [0.15, 0.2) is 29.3 Å². The number of ether oxygens (including phenoxy) is 1. The Balaban J connectivity index is 3.03. The predicted molar refractivity (Wildman–Crippen MR) is 85.8 cm³/mol. The van der Waals surface area contributed by atoms with Crippen molar-refractivity contribution in [3.63, 3.8) is 0 Å². The van der Waals surface area contributed by atoms with Crippen molar-refractivity contribution in [1.29, 1.82) is 0 Å². The molecule has 0 bridgehead atoms. The van der Waals surface area contributed by atoms with Gasteiger partial charge in [-0.05, 0) is 38.1 Å². The molecule has 7 heteroatoms. The molecule has 1 aromatic carbocycles. The maximum atomic E-state index is 12.5. The van der Waals surface area contributed by atoms with Gasteiger partial charge in [-0.25, -0.2) is 4.99 Å². The van der Waals surface area contributed by atoms with Crippen molar-refractivity contribution in [2.75, 3.05) is 5.33 Å². The van der Waals surface area contributed by atoms with Crippen LogP contribution in [0, 0.1) is 0 Å². The molecule has 112 valence electrons. The van der Waals surface area contributed by atoms with Crippen LogP contribution >= 0.6 is 38.5 Å². The third kappa shape index (κ3) is 5.59. The Morgan fingerprint density at radius 1 is 1.30 bits per heavy atom. The molecule has 0 spiro atoms. The van der Waals surface area contributed by atoms with Crippen molar-refractivity contribution in [1.82, 2.24) is 0 Å². The summed E-state index contributed by atoms with van der Waals surface area (Å²) >= 11 is 5.39. The van der Waals surface area contributed by atoms with Gasteiger partial charge in [-0.2, -0.15) is 13.2 Å². The summed E-state index contributed by atoms with van der Waals surface area (Å²) in [5, 5.41) is 0.613. The van der Waals surface area contributed by atoms with E-state index in [0.29, 0.717) is 16.8 Å². The first-order valence-electron chi connectivity index (χ1n) is 5.86. The van der Waals surface area contributed by atoms with Crippen LogP contribution in [0.1, 0.15) is 25.0 Å². The Labute approximate surface area is 138 Å². The Morgan fingerprint density at radius 3 is 2.25 bits per heavy atom. The van der Waals surface area contributed by atoms with Crippen molar-refractivity contribution >= 4 is 44.4 Å². The Kier molecular flexibility index (Phi) is 6.77. The van der Waals surface area contributed by atoms with Gasteiger partial charge in [0.2, 0.25) is 5.90 Å². The van der Waals surface area contributed by atoms with Crippen LogP contribution in [0.2, 0.25) is 0 Å². The minimum Gasteiger partial charge on any atom is -0.474 e. The average molecular weight is 464 g/mol. The minimum atomic E-state index is -4.34. The first kappa shape index (κ1) is 17.7. The molecule has 1 rings (SSSR count). The molecule has 1 aromatic rings. The lowest BCUT2D eigenvalue weighted by atomic mass is 10.1. The van der Waals surface area contributed by atoms with Gasteiger partial charge in [-0.3, -0.25) is 0 Å². The van der Waals surface area contributed by atoms with Crippen LogP contribution in [0.25, 0.3) is 0 Å². The van der Waals surface area contributed by atoms with Crippen molar-refractivity contribution in [2.45, 2.75) is 30.2 Å². The lowest BCUT2D eigenvalue weighted by Crippen LogP contribution is -2.18. The molecule has 0 heterocycles. The molecule has 0 aliphatic heterocycles. The van der Waals surface area contributed by atoms with Gasteiger partial charge in [0.25, 0.3) is 0 Å². The molecule has 0 amide bonds. The highest BCUT2D eigenvalue weighted by molar-refractivity contribution is 14.1. The third-order valence-electron chi connectivity index (χ3n) is 2.28. The van der Waals surface area contributed by atoms with Crippen LogP contribution in [0.4, 0.5) is 13.2 Å². The lowest BCUT2D eigenvalue weighted by Gasteiger charge is -2.16. The van der Waals surface area contributed by atoms with Gasteiger partial charge in [0, 0.05) is 10.9 Å². The SMILES string of the molecule is CC(I)N=C(OC(C)CBr)c1ccc(C(F)(F)F)cc1. The summed E-state index contributed by atoms with van der Waals surface area (Å²) < 4.78 is 43.2. The molecular weight excluding hydrogens is 450 g/mol. The molecule has 0 fully saturated rings. The Morgan fingerprint density at radius 2 is 1.85 bits per heavy atom. The molecule has 0 aliphatic rings. The monoisotopic (exact) mass is 463 g/mol. The van der Waals surface area contributed by atoms with E-state index in [0.717, 1.165) is 12.1 Å². The van der Waals surface area contributed by atoms with Gasteiger partial charge in [0.1, 0.15) is 10.2 Å². The lowest BCUT2D eigenvalue weighted by molar-refractivity contribution is -0.137. The molecule has 20 heavy (non-hydrogen) atoms. The maximum Gasteiger partial charge on any atom is 0.416 e. The summed E-state index contributed by atoms with van der Waals surface area (Å²) in [6.07, 6.45) is -4.46. The number of halogens is 5. The van der Waals surface area contributed by atoms with E-state index >= 15 is 0 Å². The fourth-order valence-electron chi connectivity index (χ4n) is 1.36. The smallest absolute Gasteiger partial charge is 0.416 e. The Bertz CT molecular complexity index is 460. The molecule has 0 aromatic heterocycles. The largest absolute Gasteiger partial charge is 0.474 e. The summed E-state index contributed by atoms with van der Waals surface area (Å²) in [6, 6.07) is 4.82. The molecular formula is C13H14BrF3INO. The quantitative estimate of drug-likeness (QED) is 0.202. The van der Waals surface area contributed by atoms with E-state index < -0.39 is 11.7 Å². The first-order chi connectivity index (χ1) is 9.24. The zero-order valence-electron chi connectivity index (χ0n) is 10.9. The number of alkyl halides is 5. The molecule has 2 unspecified atom stereocenters. The fraction of sp³-hybridized carbons (Fsp3) is 0.462. The fourth-order valence-corrected chi connectivity index (χ4v) is 1.74. The van der Waals surface area contributed by atoms with Crippen molar-refractivity contribution in [3.8, 4) is 0 Å². The predicted octanol–water partition coefficient (Wildman–Crippen LogP) is 5.03. The van der Waals surface area contributed by atoms with E-state index in [-0.39, 0.29) is 10.2 Å². The molecule has 0 N–H and O–H groups in total. The minimum absolute atomic E-state index is 0.0348. The first-order valence-corrected chi connectivity index (χ1v) is 8.23. The van der Waals surface area contributed by atoms with Gasteiger partial charge in [0.15, 0.2) is 0 Å². The molecule has 2 nitrogen and oxygen atoms in total. The van der Waals surface area contributed by atoms with Crippen LogP contribution in [0.5, 0.6) is 0 Å². The number of aliphatic imine (C=N–C) groups is 1. The number of benzene rings is 1. The van der Waals surface area contributed by atoms with E-state index in [1.54, 1.807) is 0 Å². The molecule has 0 radical (unpaired) electrons. The van der Waals surface area contributed by atoms with Gasteiger partial charge in [0.05, 0.1) is 5.56 Å². The van der Waals surface area contributed by atoms with E-state index in [4.69, 9.17) is 4.74 Å². The van der Waals surface area contributed by atoms with Crippen LogP contribution in [0.3, 0.4) is 0 Å². The summed E-state index contributed by atoms with van der Waals surface area (Å²) in [4.78, 5) is 4.31. The van der Waals surface area contributed by atoms with Crippen LogP contribution in [-0.2, 0) is 10.9 Å². The number of nitrogens with zero attached hydrogens (tertiary/aromatic N) is 1. The second-order valence-corrected chi connectivity index (χ2v) is 6.62. The molecule has 0 saturated carbocycles. The highest BCUT2D eigenvalue weighted by atomic mass is 127. The Hall–Kier alpha value is -0.310. The summed E-state index contributed by atoms with van der Waals surface area (Å²) in [7, 11) is 0. The van der Waals surface area contributed by atoms with Crippen LogP contribution < -0.4 is 0 Å². The van der Waals surface area contributed by atoms with Gasteiger partial charge in [-0.1, -0.05) is 38.5 Å². The molecule has 0 saturated heterocycles. The third-order valence-corrected chi connectivity index (χ3v) is 3.47. The second-order valence-electron chi connectivity index (χ2n) is 4.17. The maximum absolute atomic E-state index is 12.5. The van der Waals surface area contributed by atoms with Gasteiger partial charge < -0.3 is 4.74 Å². The van der Waals surface area contributed by atoms with Crippen molar-refractivity contribution in [2.24, 2.45) is 4.99 Å². The van der Waals surface area contributed by atoms with Crippen molar-refractivity contribution in [3.05, 3.63) is 35.4 Å². The van der Waals surface area contributed by atoms with E-state index in [9.17, 15) is 13.2 Å². The average Bonchev–Trinajstić information content (AvgIpc) is 2.36. The van der Waals surface area contributed by atoms with Gasteiger partial charge >= 0.3 is 6.18 Å². The highest BCUT2D eigenvalue weighted by Crippen LogP contribution is 2.29. The molecule has 2 atom stereocenters. The summed E-state index contributed by atoms with van der Waals surface area (Å²) in [5.41, 5.74) is -0.147. The van der Waals surface area contributed by atoms with Gasteiger partial charge in [-0.15, -0.1) is 0 Å². The van der Waals surface area contributed by atoms with Crippen LogP contribution in [-0.4, -0.2) is 21.4 Å². The number of rotatable bonds is 4. The second kappa shape index (κ2) is 7.63. The van der Waals surface area contributed by atoms with E-state index in [2.05, 4.69) is 43.5 Å². The highest BCUT2D eigenvalue weighted by Gasteiger charge is 2.30. The summed E-state index contributed by atoms with van der Waals surface area (Å²) in [5.74, 6) is 0.354. The number of hydrogen-bond donors (Lipinski definition) is 0. The van der Waals surface area contributed by atoms with E-state index in [1.165, 1.54) is 12.1 Å². The molecule has 0 aliphatic carbocycles.